The fourth-order valence-electron chi connectivity index (χ4n) is 1.22. The Balaban J connectivity index is 0.000000821. The minimum absolute atomic E-state index is 0.0750. The molecule has 6 nitrogen and oxygen atoms in total. The van der Waals surface area contributed by atoms with Gasteiger partial charge in [0.05, 0.1) is 17.0 Å². The molecule has 0 aromatic heterocycles. The van der Waals surface area contributed by atoms with Crippen LogP contribution < -0.4 is 5.32 Å². The maximum atomic E-state index is 12.8. The van der Waals surface area contributed by atoms with Gasteiger partial charge in [-0.25, -0.2) is 9.18 Å². The molecule has 1 aromatic rings. The van der Waals surface area contributed by atoms with Crippen molar-refractivity contribution < 1.29 is 42.2 Å². The Kier molecular flexibility index (Phi) is 11.9. The first-order valence-electron chi connectivity index (χ1n) is 6.94. The van der Waals surface area contributed by atoms with Gasteiger partial charge in [0.25, 0.3) is 5.91 Å². The zero-order valence-electron chi connectivity index (χ0n) is 13.4. The molecule has 152 valence electrons. The van der Waals surface area contributed by atoms with Crippen LogP contribution in [0.15, 0.2) is 18.2 Å². The lowest BCUT2D eigenvalue weighted by atomic mass is 10.2. The van der Waals surface area contributed by atoms with Gasteiger partial charge in [-0.1, -0.05) is 33.2 Å². The number of halogens is 5. The van der Waals surface area contributed by atoms with Crippen molar-refractivity contribution >= 4 is 51.0 Å². The van der Waals surface area contributed by atoms with Crippen molar-refractivity contribution in [3.8, 4) is 0 Å². The van der Waals surface area contributed by atoms with Crippen molar-refractivity contribution in [2.24, 2.45) is 0 Å². The van der Waals surface area contributed by atoms with E-state index in [-0.39, 0.29) is 22.9 Å². The average molecular weight is 452 g/mol. The molecule has 27 heavy (non-hydrogen) atoms. The minimum atomic E-state index is -5.08. The number of benzene rings is 1. The topological polar surface area (TPSA) is 104 Å². The number of amides is 1. The second-order valence-corrected chi connectivity index (χ2v) is 7.58. The predicted octanol–water partition coefficient (Wildman–Crippen LogP) is 3.70. The molecule has 0 aliphatic rings. The molecule has 0 radical (unpaired) electrons. The molecule has 0 heterocycles. The molecule has 0 saturated heterocycles. The second kappa shape index (κ2) is 12.7. The highest BCUT2D eigenvalue weighted by Crippen LogP contribution is 2.21. The standard InChI is InChI=1S/C12H13ClFNO3S2.C2HF3O2/c13-10-7-8(14)1-2-9(10)12(18)15-4-6-20-19-5-3-11(16)17;3-2(4,5)1(6)7/h1-2,7H,3-6H2,(H,15,18)(H,16,17);(H,6,7). The number of nitrogens with one attached hydrogen (secondary N) is 1. The average Bonchev–Trinajstić information content (AvgIpc) is 2.53. The molecule has 0 fully saturated rings. The van der Waals surface area contributed by atoms with E-state index >= 15 is 0 Å². The van der Waals surface area contributed by atoms with Gasteiger partial charge in [0, 0.05) is 18.1 Å². The molecule has 13 heteroatoms. The molecule has 3 N–H and O–H groups in total. The van der Waals surface area contributed by atoms with Crippen molar-refractivity contribution in [3.05, 3.63) is 34.6 Å². The largest absolute Gasteiger partial charge is 0.490 e. The quantitative estimate of drug-likeness (QED) is 0.314. The molecule has 1 amide bonds. The molecule has 0 saturated carbocycles. The van der Waals surface area contributed by atoms with Crippen molar-refractivity contribution in [2.75, 3.05) is 18.1 Å². The van der Waals surface area contributed by atoms with Crippen LogP contribution in [0.1, 0.15) is 16.8 Å². The van der Waals surface area contributed by atoms with Crippen LogP contribution in [0.4, 0.5) is 17.6 Å². The number of alkyl halides is 3. The van der Waals surface area contributed by atoms with Crippen LogP contribution in [0.3, 0.4) is 0 Å². The molecule has 0 aliphatic carbocycles. The third kappa shape index (κ3) is 12.4. The van der Waals surface area contributed by atoms with Crippen molar-refractivity contribution in [1.82, 2.24) is 5.32 Å². The summed E-state index contributed by atoms with van der Waals surface area (Å²) < 4.78 is 44.6. The third-order valence-electron chi connectivity index (χ3n) is 2.37. The second-order valence-electron chi connectivity index (χ2n) is 4.47. The summed E-state index contributed by atoms with van der Waals surface area (Å²) in [6.45, 7) is 0.428. The van der Waals surface area contributed by atoms with Gasteiger partial charge in [-0.15, -0.1) is 0 Å². The number of carboxylic acid groups (broad SMARTS) is 2. The molecule has 0 bridgehead atoms. The monoisotopic (exact) mass is 451 g/mol. The number of aliphatic carboxylic acids is 2. The smallest absolute Gasteiger partial charge is 0.481 e. The lowest BCUT2D eigenvalue weighted by Gasteiger charge is -2.06. The van der Waals surface area contributed by atoms with E-state index in [1.54, 1.807) is 0 Å². The zero-order valence-corrected chi connectivity index (χ0v) is 15.8. The predicted molar refractivity (Wildman–Crippen MR) is 94.6 cm³/mol. The van der Waals surface area contributed by atoms with Crippen LogP contribution in [0.2, 0.25) is 5.02 Å². The molecule has 1 rings (SSSR count). The van der Waals surface area contributed by atoms with Gasteiger partial charge in [0.15, 0.2) is 0 Å². The summed E-state index contributed by atoms with van der Waals surface area (Å²) in [4.78, 5) is 30.9. The van der Waals surface area contributed by atoms with Crippen LogP contribution in [-0.2, 0) is 9.59 Å². The Labute approximate surface area is 164 Å². The number of carbonyl (C=O) groups excluding carboxylic acids is 1. The highest BCUT2D eigenvalue weighted by molar-refractivity contribution is 8.76. The van der Waals surface area contributed by atoms with E-state index in [0.29, 0.717) is 18.1 Å². The molecular weight excluding hydrogens is 438 g/mol. The Morgan fingerprint density at radius 3 is 2.15 bits per heavy atom. The van der Waals surface area contributed by atoms with E-state index in [4.69, 9.17) is 26.6 Å². The Morgan fingerprint density at radius 1 is 1.11 bits per heavy atom. The van der Waals surface area contributed by atoms with E-state index in [1.807, 2.05) is 0 Å². The fourth-order valence-corrected chi connectivity index (χ4v) is 3.36. The summed E-state index contributed by atoms with van der Waals surface area (Å²) in [5.74, 6) is -3.25. The number of hydrogen-bond acceptors (Lipinski definition) is 5. The molecule has 0 aliphatic heterocycles. The van der Waals surface area contributed by atoms with Gasteiger partial charge in [-0.2, -0.15) is 13.2 Å². The maximum absolute atomic E-state index is 12.8. The minimum Gasteiger partial charge on any atom is -0.481 e. The molecular formula is C14H14ClF4NO5S2. The first-order valence-corrected chi connectivity index (χ1v) is 9.81. The van der Waals surface area contributed by atoms with Crippen LogP contribution in [0, 0.1) is 5.82 Å². The van der Waals surface area contributed by atoms with Gasteiger partial charge in [0.1, 0.15) is 5.82 Å². The van der Waals surface area contributed by atoms with Crippen LogP contribution in [0.5, 0.6) is 0 Å². The van der Waals surface area contributed by atoms with Gasteiger partial charge in [0.2, 0.25) is 0 Å². The number of carbonyl (C=O) groups is 3. The van der Waals surface area contributed by atoms with Crippen LogP contribution in [-0.4, -0.2) is 52.3 Å². The Hall–Kier alpha value is -1.66. The summed E-state index contributed by atoms with van der Waals surface area (Å²) in [5, 5.41) is 18.3. The molecule has 0 unspecified atom stereocenters. The van der Waals surface area contributed by atoms with Crippen molar-refractivity contribution in [2.45, 2.75) is 12.6 Å². The van der Waals surface area contributed by atoms with Gasteiger partial charge >= 0.3 is 18.1 Å². The number of hydrogen-bond donors (Lipinski definition) is 3. The summed E-state index contributed by atoms with van der Waals surface area (Å²) in [7, 11) is 2.93. The fraction of sp³-hybridized carbons (Fsp3) is 0.357. The summed E-state index contributed by atoms with van der Waals surface area (Å²) in [6, 6.07) is 3.60. The zero-order chi connectivity index (χ0) is 21.0. The van der Waals surface area contributed by atoms with E-state index < -0.39 is 23.9 Å². The molecule has 1 aromatic carbocycles. The summed E-state index contributed by atoms with van der Waals surface area (Å²) in [6.07, 6.45) is -4.96. The van der Waals surface area contributed by atoms with Crippen LogP contribution >= 0.6 is 33.2 Å². The van der Waals surface area contributed by atoms with Crippen molar-refractivity contribution in [3.63, 3.8) is 0 Å². The van der Waals surface area contributed by atoms with Crippen molar-refractivity contribution in [1.29, 1.82) is 0 Å². The first-order chi connectivity index (χ1) is 12.4. The summed E-state index contributed by atoms with van der Waals surface area (Å²) >= 11 is 5.77. The summed E-state index contributed by atoms with van der Waals surface area (Å²) in [5.41, 5.74) is 0.233. The highest BCUT2D eigenvalue weighted by Gasteiger charge is 2.38. The maximum Gasteiger partial charge on any atom is 0.490 e. The lowest BCUT2D eigenvalue weighted by Crippen LogP contribution is -2.25. The van der Waals surface area contributed by atoms with E-state index in [0.717, 1.165) is 6.07 Å². The van der Waals surface area contributed by atoms with Crippen LogP contribution in [0.25, 0.3) is 0 Å². The SMILES string of the molecule is O=C(O)C(F)(F)F.O=C(O)CCSSCCNC(=O)c1ccc(F)cc1Cl. The molecule has 0 atom stereocenters. The number of carboxylic acids is 2. The Morgan fingerprint density at radius 2 is 1.67 bits per heavy atom. The molecule has 0 spiro atoms. The Bertz CT molecular complexity index is 661. The van der Waals surface area contributed by atoms with E-state index in [1.165, 1.54) is 33.7 Å². The first kappa shape index (κ1) is 25.3. The van der Waals surface area contributed by atoms with Gasteiger partial charge < -0.3 is 15.5 Å². The van der Waals surface area contributed by atoms with Gasteiger partial charge in [-0.3, -0.25) is 9.59 Å². The normalized spacial score (nSPS) is 10.6. The third-order valence-corrected chi connectivity index (χ3v) is 5.09. The van der Waals surface area contributed by atoms with E-state index in [2.05, 4.69) is 5.32 Å². The van der Waals surface area contributed by atoms with E-state index in [9.17, 15) is 27.2 Å². The van der Waals surface area contributed by atoms with Gasteiger partial charge in [-0.05, 0) is 18.2 Å². The lowest BCUT2D eigenvalue weighted by molar-refractivity contribution is -0.192. The highest BCUT2D eigenvalue weighted by atomic mass is 35.5. The number of rotatable bonds is 8.